The molecule has 3 N–H and O–H groups in total. The number of halogens is 1. The summed E-state index contributed by atoms with van der Waals surface area (Å²) in [5.41, 5.74) is 6.38. The average Bonchev–Trinajstić information content (AvgIpc) is 2.37. The first-order valence-corrected chi connectivity index (χ1v) is 6.00. The SMILES string of the molecule is Cc1cnc(C(NN)c2ccc(C)c(Cl)c2)cn1. The van der Waals surface area contributed by atoms with Crippen molar-refractivity contribution in [1.82, 2.24) is 15.4 Å². The summed E-state index contributed by atoms with van der Waals surface area (Å²) in [7, 11) is 0. The Morgan fingerprint density at radius 2 is 2.00 bits per heavy atom. The molecule has 1 aromatic heterocycles. The monoisotopic (exact) mass is 262 g/mol. The zero-order valence-electron chi connectivity index (χ0n) is 10.3. The van der Waals surface area contributed by atoms with E-state index in [0.717, 1.165) is 22.5 Å². The molecule has 0 aliphatic rings. The van der Waals surface area contributed by atoms with Crippen LogP contribution < -0.4 is 11.3 Å². The molecule has 0 spiro atoms. The minimum atomic E-state index is -0.212. The van der Waals surface area contributed by atoms with Gasteiger partial charge in [-0.2, -0.15) is 0 Å². The predicted octanol–water partition coefficient (Wildman–Crippen LogP) is 2.30. The molecule has 0 bridgehead atoms. The van der Waals surface area contributed by atoms with Crippen molar-refractivity contribution in [2.24, 2.45) is 5.84 Å². The Morgan fingerprint density at radius 1 is 1.22 bits per heavy atom. The van der Waals surface area contributed by atoms with Gasteiger partial charge in [-0.3, -0.25) is 15.8 Å². The first-order chi connectivity index (χ1) is 8.61. The number of rotatable bonds is 3. The Hall–Kier alpha value is -1.49. The first-order valence-electron chi connectivity index (χ1n) is 5.62. The van der Waals surface area contributed by atoms with Gasteiger partial charge in [0, 0.05) is 11.2 Å². The van der Waals surface area contributed by atoms with Crippen molar-refractivity contribution in [1.29, 1.82) is 0 Å². The quantitative estimate of drug-likeness (QED) is 0.658. The van der Waals surface area contributed by atoms with Crippen LogP contribution in [0.3, 0.4) is 0 Å². The van der Waals surface area contributed by atoms with E-state index in [0.29, 0.717) is 5.02 Å². The Balaban J connectivity index is 2.38. The maximum atomic E-state index is 6.12. The van der Waals surface area contributed by atoms with Crippen LogP contribution in [0.25, 0.3) is 0 Å². The van der Waals surface area contributed by atoms with Crippen molar-refractivity contribution in [3.63, 3.8) is 0 Å². The van der Waals surface area contributed by atoms with Gasteiger partial charge in [0.15, 0.2) is 0 Å². The van der Waals surface area contributed by atoms with E-state index < -0.39 is 0 Å². The number of benzene rings is 1. The van der Waals surface area contributed by atoms with Crippen LogP contribution in [0.1, 0.15) is 28.6 Å². The van der Waals surface area contributed by atoms with E-state index in [9.17, 15) is 0 Å². The number of aromatic nitrogens is 2. The Morgan fingerprint density at radius 3 is 2.56 bits per heavy atom. The van der Waals surface area contributed by atoms with Crippen molar-refractivity contribution in [2.45, 2.75) is 19.9 Å². The van der Waals surface area contributed by atoms with Crippen molar-refractivity contribution in [2.75, 3.05) is 0 Å². The van der Waals surface area contributed by atoms with E-state index in [2.05, 4.69) is 15.4 Å². The van der Waals surface area contributed by atoms with Gasteiger partial charge < -0.3 is 0 Å². The number of hydrazine groups is 1. The molecular formula is C13H15ClN4. The maximum Gasteiger partial charge on any atom is 0.0897 e. The minimum Gasteiger partial charge on any atom is -0.271 e. The third-order valence-corrected chi connectivity index (χ3v) is 3.20. The molecule has 94 valence electrons. The van der Waals surface area contributed by atoms with Crippen molar-refractivity contribution in [3.8, 4) is 0 Å². The minimum absolute atomic E-state index is 0.212. The molecule has 0 amide bonds. The summed E-state index contributed by atoms with van der Waals surface area (Å²) < 4.78 is 0. The Bertz CT molecular complexity index is 539. The van der Waals surface area contributed by atoms with Crippen LogP contribution in [0.4, 0.5) is 0 Å². The lowest BCUT2D eigenvalue weighted by atomic mass is 10.0. The second-order valence-electron chi connectivity index (χ2n) is 4.19. The summed E-state index contributed by atoms with van der Waals surface area (Å²) in [5, 5.41) is 0.716. The number of nitrogens with zero attached hydrogens (tertiary/aromatic N) is 2. The van der Waals surface area contributed by atoms with Crippen LogP contribution in [-0.4, -0.2) is 9.97 Å². The number of nitrogens with two attached hydrogens (primary N) is 1. The highest BCUT2D eigenvalue weighted by Gasteiger charge is 2.14. The molecule has 0 saturated carbocycles. The third-order valence-electron chi connectivity index (χ3n) is 2.79. The first kappa shape index (κ1) is 13.0. The zero-order chi connectivity index (χ0) is 13.1. The van der Waals surface area contributed by atoms with E-state index in [1.807, 2.05) is 32.0 Å². The summed E-state index contributed by atoms with van der Waals surface area (Å²) in [4.78, 5) is 8.55. The number of nitrogens with one attached hydrogen (secondary N) is 1. The van der Waals surface area contributed by atoms with Crippen LogP contribution >= 0.6 is 11.6 Å². The maximum absolute atomic E-state index is 6.12. The highest BCUT2D eigenvalue weighted by Crippen LogP contribution is 2.24. The molecular weight excluding hydrogens is 248 g/mol. The average molecular weight is 263 g/mol. The fraction of sp³-hybridized carbons (Fsp3) is 0.231. The fourth-order valence-electron chi connectivity index (χ4n) is 1.69. The van der Waals surface area contributed by atoms with Crippen LogP contribution in [-0.2, 0) is 0 Å². The van der Waals surface area contributed by atoms with E-state index >= 15 is 0 Å². The van der Waals surface area contributed by atoms with Crippen molar-refractivity contribution < 1.29 is 0 Å². The van der Waals surface area contributed by atoms with E-state index in [1.165, 1.54) is 0 Å². The molecule has 2 aromatic rings. The lowest BCUT2D eigenvalue weighted by Crippen LogP contribution is -2.29. The molecule has 4 nitrogen and oxygen atoms in total. The Kier molecular flexibility index (Phi) is 3.91. The summed E-state index contributed by atoms with van der Waals surface area (Å²) in [5.74, 6) is 5.60. The third kappa shape index (κ3) is 2.67. The second kappa shape index (κ2) is 5.44. The smallest absolute Gasteiger partial charge is 0.0897 e. The van der Waals surface area contributed by atoms with Gasteiger partial charge >= 0.3 is 0 Å². The molecule has 0 aliphatic heterocycles. The van der Waals surface area contributed by atoms with Crippen molar-refractivity contribution >= 4 is 11.6 Å². The van der Waals surface area contributed by atoms with Gasteiger partial charge in [0.05, 0.1) is 23.6 Å². The number of hydrogen-bond acceptors (Lipinski definition) is 4. The van der Waals surface area contributed by atoms with Gasteiger partial charge in [0.2, 0.25) is 0 Å². The molecule has 0 saturated heterocycles. The van der Waals surface area contributed by atoms with E-state index in [-0.39, 0.29) is 6.04 Å². The standard InChI is InChI=1S/C13H15ClN4/c1-8-3-4-10(5-11(8)14)13(18-15)12-7-16-9(2)6-17-12/h3-7,13,18H,15H2,1-2H3. The molecule has 0 aliphatic carbocycles. The molecule has 1 heterocycles. The van der Waals surface area contributed by atoms with E-state index in [4.69, 9.17) is 17.4 Å². The lowest BCUT2D eigenvalue weighted by Gasteiger charge is -2.16. The predicted molar refractivity (Wildman–Crippen MR) is 72.1 cm³/mol. The largest absolute Gasteiger partial charge is 0.271 e. The summed E-state index contributed by atoms with van der Waals surface area (Å²) in [6.45, 7) is 3.85. The summed E-state index contributed by atoms with van der Waals surface area (Å²) in [6, 6.07) is 5.62. The Labute approximate surface area is 111 Å². The van der Waals surface area contributed by atoms with Crippen LogP contribution in [0.5, 0.6) is 0 Å². The van der Waals surface area contributed by atoms with Crippen LogP contribution in [0, 0.1) is 13.8 Å². The fourth-order valence-corrected chi connectivity index (χ4v) is 1.88. The van der Waals surface area contributed by atoms with E-state index in [1.54, 1.807) is 12.4 Å². The molecule has 18 heavy (non-hydrogen) atoms. The molecule has 0 radical (unpaired) electrons. The van der Waals surface area contributed by atoms with Crippen LogP contribution in [0.15, 0.2) is 30.6 Å². The highest BCUT2D eigenvalue weighted by atomic mass is 35.5. The van der Waals surface area contributed by atoms with Crippen molar-refractivity contribution in [3.05, 3.63) is 58.1 Å². The molecule has 1 unspecified atom stereocenters. The van der Waals surface area contributed by atoms with Gasteiger partial charge in [-0.05, 0) is 31.0 Å². The van der Waals surface area contributed by atoms with Crippen LogP contribution in [0.2, 0.25) is 5.02 Å². The summed E-state index contributed by atoms with van der Waals surface area (Å²) in [6.07, 6.45) is 3.43. The van der Waals surface area contributed by atoms with Gasteiger partial charge in [0.25, 0.3) is 0 Å². The summed E-state index contributed by atoms with van der Waals surface area (Å²) >= 11 is 6.12. The molecule has 1 atom stereocenters. The highest BCUT2D eigenvalue weighted by molar-refractivity contribution is 6.31. The molecule has 5 heteroatoms. The second-order valence-corrected chi connectivity index (χ2v) is 4.60. The number of hydrogen-bond donors (Lipinski definition) is 2. The molecule has 1 aromatic carbocycles. The molecule has 2 rings (SSSR count). The number of aryl methyl sites for hydroxylation is 2. The topological polar surface area (TPSA) is 63.8 Å². The van der Waals surface area contributed by atoms with Gasteiger partial charge in [-0.15, -0.1) is 0 Å². The van der Waals surface area contributed by atoms with Gasteiger partial charge in [-0.25, -0.2) is 5.43 Å². The van der Waals surface area contributed by atoms with Gasteiger partial charge in [-0.1, -0.05) is 23.7 Å². The molecule has 0 fully saturated rings. The normalized spacial score (nSPS) is 12.4. The van der Waals surface area contributed by atoms with Gasteiger partial charge in [0.1, 0.15) is 0 Å². The lowest BCUT2D eigenvalue weighted by molar-refractivity contribution is 0.617. The zero-order valence-corrected chi connectivity index (χ0v) is 11.1.